The number of hydrogen-bond acceptors (Lipinski definition) is 4. The highest BCUT2D eigenvalue weighted by atomic mass is 32.2. The first kappa shape index (κ1) is 25.3. The van der Waals surface area contributed by atoms with E-state index in [2.05, 4.69) is 5.32 Å². The Bertz CT molecular complexity index is 1400. The highest BCUT2D eigenvalue weighted by molar-refractivity contribution is 7.89. The quantitative estimate of drug-likeness (QED) is 0.320. The first-order valence-electron chi connectivity index (χ1n) is 12.0. The van der Waals surface area contributed by atoms with Crippen LogP contribution in [0.2, 0.25) is 0 Å². The van der Waals surface area contributed by atoms with Crippen molar-refractivity contribution >= 4 is 21.7 Å². The number of aryl methyl sites for hydroxylation is 1. The third-order valence-corrected chi connectivity index (χ3v) is 7.65. The Morgan fingerprint density at radius 1 is 0.944 bits per heavy atom. The summed E-state index contributed by atoms with van der Waals surface area (Å²) in [5.41, 5.74) is 3.51. The van der Waals surface area contributed by atoms with Gasteiger partial charge in [-0.25, -0.2) is 13.1 Å². The summed E-state index contributed by atoms with van der Waals surface area (Å²) in [6, 6.07) is 27.5. The van der Waals surface area contributed by atoms with Crippen molar-refractivity contribution in [2.75, 3.05) is 18.4 Å². The first-order chi connectivity index (χ1) is 17.4. The van der Waals surface area contributed by atoms with Crippen molar-refractivity contribution in [1.82, 2.24) is 14.1 Å². The van der Waals surface area contributed by atoms with Crippen LogP contribution in [0.3, 0.4) is 0 Å². The standard InChI is InChI=1S/C28H30N4O3S/c1-3-4-19-31(36(34,35)25-13-9-6-10-14-25)21-28(33)29-27-20-26(23-11-7-5-8-12-23)30-32(27)24-17-15-22(2)16-18-24/h5-18,20H,3-4,19,21H2,1-2H3,(H,29,33). The van der Waals surface area contributed by atoms with Crippen LogP contribution in [0.4, 0.5) is 5.82 Å². The minimum absolute atomic E-state index is 0.171. The molecule has 0 bridgehead atoms. The fraction of sp³-hybridized carbons (Fsp3) is 0.214. The number of carbonyl (C=O) groups is 1. The lowest BCUT2D eigenvalue weighted by molar-refractivity contribution is -0.116. The number of nitrogens with one attached hydrogen (secondary N) is 1. The van der Waals surface area contributed by atoms with Gasteiger partial charge in [0.05, 0.1) is 22.8 Å². The van der Waals surface area contributed by atoms with Gasteiger partial charge in [0, 0.05) is 18.2 Å². The van der Waals surface area contributed by atoms with Crippen LogP contribution in [-0.4, -0.2) is 41.5 Å². The fourth-order valence-corrected chi connectivity index (χ4v) is 5.26. The number of rotatable bonds is 10. The van der Waals surface area contributed by atoms with E-state index in [0.29, 0.717) is 17.9 Å². The maximum atomic E-state index is 13.3. The molecule has 1 heterocycles. The van der Waals surface area contributed by atoms with E-state index in [1.165, 1.54) is 4.31 Å². The van der Waals surface area contributed by atoms with Crippen LogP contribution in [0.1, 0.15) is 25.3 Å². The molecule has 0 aliphatic heterocycles. The van der Waals surface area contributed by atoms with E-state index in [1.807, 2.05) is 68.4 Å². The Kier molecular flexibility index (Phi) is 7.97. The van der Waals surface area contributed by atoms with Gasteiger partial charge >= 0.3 is 0 Å². The number of anilines is 1. The summed E-state index contributed by atoms with van der Waals surface area (Å²) in [6.07, 6.45) is 1.46. The summed E-state index contributed by atoms with van der Waals surface area (Å²) in [5, 5.41) is 7.63. The van der Waals surface area contributed by atoms with E-state index in [9.17, 15) is 13.2 Å². The second-order valence-electron chi connectivity index (χ2n) is 8.58. The van der Waals surface area contributed by atoms with Crippen LogP contribution < -0.4 is 5.32 Å². The molecule has 1 aromatic heterocycles. The summed E-state index contributed by atoms with van der Waals surface area (Å²) in [6.45, 7) is 3.95. The Hall–Kier alpha value is -3.75. The van der Waals surface area contributed by atoms with Crippen LogP contribution in [0, 0.1) is 6.92 Å². The van der Waals surface area contributed by atoms with Crippen molar-refractivity contribution < 1.29 is 13.2 Å². The summed E-state index contributed by atoms with van der Waals surface area (Å²) < 4.78 is 29.4. The van der Waals surface area contributed by atoms with Crippen LogP contribution in [0.15, 0.2) is 95.9 Å². The SMILES string of the molecule is CCCCN(CC(=O)Nc1cc(-c2ccccc2)nn1-c1ccc(C)cc1)S(=O)(=O)c1ccccc1. The second kappa shape index (κ2) is 11.3. The summed E-state index contributed by atoms with van der Waals surface area (Å²) >= 11 is 0. The molecule has 0 saturated heterocycles. The van der Waals surface area contributed by atoms with Crippen molar-refractivity contribution in [3.63, 3.8) is 0 Å². The maximum Gasteiger partial charge on any atom is 0.243 e. The van der Waals surface area contributed by atoms with Gasteiger partial charge in [-0.2, -0.15) is 9.40 Å². The number of sulfonamides is 1. The molecule has 0 atom stereocenters. The molecule has 4 aromatic rings. The Balaban J connectivity index is 1.63. The molecule has 0 saturated carbocycles. The van der Waals surface area contributed by atoms with E-state index in [4.69, 9.17) is 5.10 Å². The smallest absolute Gasteiger partial charge is 0.243 e. The first-order valence-corrected chi connectivity index (χ1v) is 13.4. The van der Waals surface area contributed by atoms with Gasteiger partial charge in [0.1, 0.15) is 5.82 Å². The Morgan fingerprint density at radius 2 is 1.58 bits per heavy atom. The lowest BCUT2D eigenvalue weighted by Crippen LogP contribution is -2.38. The molecule has 0 unspecified atom stereocenters. The highest BCUT2D eigenvalue weighted by Crippen LogP contribution is 2.25. The lowest BCUT2D eigenvalue weighted by Gasteiger charge is -2.21. The van der Waals surface area contributed by atoms with Gasteiger partial charge in [0.15, 0.2) is 0 Å². The predicted octanol–water partition coefficient (Wildman–Crippen LogP) is 5.28. The average molecular weight is 503 g/mol. The van der Waals surface area contributed by atoms with Gasteiger partial charge in [-0.15, -0.1) is 0 Å². The maximum absolute atomic E-state index is 13.3. The lowest BCUT2D eigenvalue weighted by atomic mass is 10.1. The van der Waals surface area contributed by atoms with Crippen molar-refractivity contribution in [2.45, 2.75) is 31.6 Å². The zero-order valence-corrected chi connectivity index (χ0v) is 21.3. The number of aromatic nitrogens is 2. The van der Waals surface area contributed by atoms with E-state index in [1.54, 1.807) is 41.1 Å². The van der Waals surface area contributed by atoms with Gasteiger partial charge in [0.2, 0.25) is 15.9 Å². The molecule has 0 aliphatic carbocycles. The summed E-state index contributed by atoms with van der Waals surface area (Å²) in [4.78, 5) is 13.4. The number of carbonyl (C=O) groups excluding carboxylic acids is 1. The normalized spacial score (nSPS) is 11.5. The molecule has 0 radical (unpaired) electrons. The molecule has 0 aliphatic rings. The van der Waals surface area contributed by atoms with Crippen molar-refractivity contribution in [3.05, 3.63) is 96.6 Å². The monoisotopic (exact) mass is 502 g/mol. The van der Waals surface area contributed by atoms with E-state index in [0.717, 1.165) is 23.2 Å². The van der Waals surface area contributed by atoms with Gasteiger partial charge in [-0.1, -0.05) is 79.6 Å². The van der Waals surface area contributed by atoms with Crippen molar-refractivity contribution in [1.29, 1.82) is 0 Å². The summed E-state index contributed by atoms with van der Waals surface area (Å²) in [5.74, 6) is 0.0359. The average Bonchev–Trinajstić information content (AvgIpc) is 3.31. The van der Waals surface area contributed by atoms with Gasteiger partial charge in [-0.3, -0.25) is 4.79 Å². The minimum atomic E-state index is -3.82. The second-order valence-corrected chi connectivity index (χ2v) is 10.5. The molecular formula is C28H30N4O3S. The number of amides is 1. The molecule has 3 aromatic carbocycles. The zero-order valence-electron chi connectivity index (χ0n) is 20.5. The van der Waals surface area contributed by atoms with E-state index in [-0.39, 0.29) is 18.0 Å². The molecule has 7 nitrogen and oxygen atoms in total. The van der Waals surface area contributed by atoms with Crippen LogP contribution in [0.25, 0.3) is 16.9 Å². The molecule has 0 spiro atoms. The Morgan fingerprint density at radius 3 is 2.22 bits per heavy atom. The predicted molar refractivity (Wildman–Crippen MR) is 142 cm³/mol. The number of benzene rings is 3. The molecule has 36 heavy (non-hydrogen) atoms. The largest absolute Gasteiger partial charge is 0.309 e. The number of unbranched alkanes of at least 4 members (excludes halogenated alkanes) is 1. The van der Waals surface area contributed by atoms with E-state index < -0.39 is 15.9 Å². The third-order valence-electron chi connectivity index (χ3n) is 5.79. The van der Waals surface area contributed by atoms with Gasteiger partial charge in [-0.05, 0) is 37.6 Å². The van der Waals surface area contributed by atoms with E-state index >= 15 is 0 Å². The van der Waals surface area contributed by atoms with Gasteiger partial charge < -0.3 is 5.32 Å². The molecule has 4 rings (SSSR count). The summed E-state index contributed by atoms with van der Waals surface area (Å²) in [7, 11) is -3.82. The number of nitrogens with zero attached hydrogens (tertiary/aromatic N) is 3. The third kappa shape index (κ3) is 5.90. The molecular weight excluding hydrogens is 472 g/mol. The number of hydrogen-bond donors (Lipinski definition) is 1. The molecule has 0 fully saturated rings. The van der Waals surface area contributed by atoms with Crippen LogP contribution in [-0.2, 0) is 14.8 Å². The molecule has 186 valence electrons. The molecule has 1 N–H and O–H groups in total. The van der Waals surface area contributed by atoms with Crippen molar-refractivity contribution in [2.24, 2.45) is 0 Å². The van der Waals surface area contributed by atoms with Crippen LogP contribution in [0.5, 0.6) is 0 Å². The topological polar surface area (TPSA) is 84.3 Å². The Labute approximate surface area is 212 Å². The van der Waals surface area contributed by atoms with Crippen LogP contribution >= 0.6 is 0 Å². The van der Waals surface area contributed by atoms with Crippen molar-refractivity contribution in [3.8, 4) is 16.9 Å². The minimum Gasteiger partial charge on any atom is -0.309 e. The van der Waals surface area contributed by atoms with Gasteiger partial charge in [0.25, 0.3) is 0 Å². The zero-order chi connectivity index (χ0) is 25.5. The highest BCUT2D eigenvalue weighted by Gasteiger charge is 2.26. The molecule has 8 heteroatoms. The fourth-order valence-electron chi connectivity index (χ4n) is 3.81. The molecule has 1 amide bonds.